The van der Waals surface area contributed by atoms with E-state index in [4.69, 9.17) is 4.74 Å². The molecule has 0 fully saturated rings. The van der Waals surface area contributed by atoms with Gasteiger partial charge < -0.3 is 9.94 Å². The molecule has 0 radical (unpaired) electrons. The minimum absolute atomic E-state index is 0.352. The van der Waals surface area contributed by atoms with E-state index in [0.29, 0.717) is 11.3 Å². The normalized spacial score (nSPS) is 12.7. The van der Waals surface area contributed by atoms with Gasteiger partial charge in [0.05, 0.1) is 12.7 Å². The molecule has 1 rings (SSSR count). The quantitative estimate of drug-likeness (QED) is 0.335. The lowest BCUT2D eigenvalue weighted by Crippen LogP contribution is -2.29. The van der Waals surface area contributed by atoms with E-state index in [1.54, 1.807) is 20.8 Å². The highest BCUT2D eigenvalue weighted by Crippen LogP contribution is 2.18. The van der Waals surface area contributed by atoms with Gasteiger partial charge in [0.1, 0.15) is 11.6 Å². The van der Waals surface area contributed by atoms with E-state index in [1.165, 1.54) is 31.5 Å². The van der Waals surface area contributed by atoms with Gasteiger partial charge in [-0.3, -0.25) is 0 Å². The van der Waals surface area contributed by atoms with E-state index in [1.807, 2.05) is 0 Å². The predicted molar refractivity (Wildman–Crippen MR) is 61.5 cm³/mol. The van der Waals surface area contributed by atoms with Crippen LogP contribution in [0.3, 0.4) is 0 Å². The maximum Gasteiger partial charge on any atom is 0.186 e. The second-order valence-electron chi connectivity index (χ2n) is 4.51. The minimum Gasteiger partial charge on any atom is -0.623 e. The fourth-order valence-electron chi connectivity index (χ4n) is 1.11. The van der Waals surface area contributed by atoms with E-state index < -0.39 is 5.54 Å². The Balaban J connectivity index is 3.15. The number of rotatable bonds is 2. The Hall–Kier alpha value is -1.58. The van der Waals surface area contributed by atoms with Gasteiger partial charge in [-0.1, -0.05) is 0 Å². The summed E-state index contributed by atoms with van der Waals surface area (Å²) < 4.78 is 18.7. The molecule has 0 aliphatic heterocycles. The molecule has 0 bridgehead atoms. The first kappa shape index (κ1) is 12.5. The zero-order chi connectivity index (χ0) is 12.3. The maximum atomic E-state index is 12.9. The third-order valence-corrected chi connectivity index (χ3v) is 2.11. The van der Waals surface area contributed by atoms with Gasteiger partial charge in [-0.15, -0.1) is 0 Å². The van der Waals surface area contributed by atoms with Gasteiger partial charge in [-0.25, -0.2) is 9.13 Å². The number of benzene rings is 1. The number of hydrogen-bond acceptors (Lipinski definition) is 2. The van der Waals surface area contributed by atoms with Crippen molar-refractivity contribution in [1.82, 2.24) is 0 Å². The first-order chi connectivity index (χ1) is 7.34. The fourth-order valence-corrected chi connectivity index (χ4v) is 1.11. The fraction of sp³-hybridized carbons (Fsp3) is 0.417. The molecule has 88 valence electrons. The molecular weight excluding hydrogens is 209 g/mol. The van der Waals surface area contributed by atoms with Crippen LogP contribution in [0.4, 0.5) is 4.39 Å². The molecule has 0 aliphatic carbocycles. The summed E-state index contributed by atoms with van der Waals surface area (Å²) in [5.41, 5.74) is 0.0354. The van der Waals surface area contributed by atoms with Gasteiger partial charge in [0.15, 0.2) is 11.8 Å². The second-order valence-corrected chi connectivity index (χ2v) is 4.51. The molecule has 0 unspecified atom stereocenters. The lowest BCUT2D eigenvalue weighted by atomic mass is 10.1. The molecule has 4 heteroatoms. The molecular formula is C12H16FNO2. The van der Waals surface area contributed by atoms with E-state index in [9.17, 15) is 9.60 Å². The van der Waals surface area contributed by atoms with E-state index in [2.05, 4.69) is 0 Å². The van der Waals surface area contributed by atoms with Crippen LogP contribution in [-0.4, -0.2) is 23.6 Å². The Morgan fingerprint density at radius 1 is 1.38 bits per heavy atom. The molecule has 1 aromatic rings. The average Bonchev–Trinajstić information content (AvgIpc) is 2.19. The van der Waals surface area contributed by atoms with Gasteiger partial charge in [0.25, 0.3) is 0 Å². The molecule has 0 heterocycles. The minimum atomic E-state index is -0.528. The van der Waals surface area contributed by atoms with Crippen molar-refractivity contribution in [3.05, 3.63) is 34.8 Å². The van der Waals surface area contributed by atoms with E-state index in [0.717, 1.165) is 4.74 Å². The summed E-state index contributed by atoms with van der Waals surface area (Å²) in [5.74, 6) is -0.0349. The number of halogens is 1. The molecule has 0 aromatic heterocycles. The van der Waals surface area contributed by atoms with Crippen LogP contribution in [-0.2, 0) is 0 Å². The van der Waals surface area contributed by atoms with Crippen LogP contribution in [0, 0.1) is 11.0 Å². The molecule has 16 heavy (non-hydrogen) atoms. The predicted octanol–water partition coefficient (Wildman–Crippen LogP) is 2.56. The number of nitrogens with zero attached hydrogens (tertiary/aromatic N) is 1. The SMILES string of the molecule is COc1cc(F)ccc1C=[N+]([O-])C(C)(C)C. The van der Waals surface area contributed by atoms with E-state index >= 15 is 0 Å². The lowest BCUT2D eigenvalue weighted by Gasteiger charge is -2.19. The van der Waals surface area contributed by atoms with Crippen LogP contribution >= 0.6 is 0 Å². The highest BCUT2D eigenvalue weighted by Gasteiger charge is 2.19. The molecule has 3 nitrogen and oxygen atoms in total. The Kier molecular flexibility index (Phi) is 3.52. The van der Waals surface area contributed by atoms with Crippen molar-refractivity contribution in [3.8, 4) is 5.75 Å². The van der Waals surface area contributed by atoms with Crippen molar-refractivity contribution in [2.24, 2.45) is 0 Å². The van der Waals surface area contributed by atoms with Crippen molar-refractivity contribution in [3.63, 3.8) is 0 Å². The summed E-state index contributed by atoms with van der Waals surface area (Å²) in [6, 6.07) is 4.07. The molecule has 0 spiro atoms. The third-order valence-electron chi connectivity index (χ3n) is 2.11. The molecule has 0 N–H and O–H groups in total. The number of hydroxylamine groups is 1. The van der Waals surface area contributed by atoms with Crippen molar-refractivity contribution >= 4 is 6.21 Å². The molecule has 0 atom stereocenters. The van der Waals surface area contributed by atoms with Crippen molar-refractivity contribution in [1.29, 1.82) is 0 Å². The van der Waals surface area contributed by atoms with Crippen LogP contribution in [0.5, 0.6) is 5.75 Å². The lowest BCUT2D eigenvalue weighted by molar-refractivity contribution is -0.530. The zero-order valence-electron chi connectivity index (χ0n) is 9.95. The molecule has 0 aliphatic rings. The van der Waals surface area contributed by atoms with Crippen LogP contribution in [0.15, 0.2) is 18.2 Å². The summed E-state index contributed by atoms with van der Waals surface area (Å²) in [6.07, 6.45) is 1.40. The van der Waals surface area contributed by atoms with Gasteiger partial charge in [0, 0.05) is 26.8 Å². The van der Waals surface area contributed by atoms with E-state index in [-0.39, 0.29) is 5.82 Å². The summed E-state index contributed by atoms with van der Waals surface area (Å²) >= 11 is 0. The number of ether oxygens (including phenoxy) is 1. The molecule has 0 saturated carbocycles. The smallest absolute Gasteiger partial charge is 0.186 e. The van der Waals surface area contributed by atoms with Gasteiger partial charge in [-0.05, 0) is 12.1 Å². The molecule has 0 amide bonds. The topological polar surface area (TPSA) is 35.3 Å². The maximum absolute atomic E-state index is 12.9. The molecule has 1 aromatic carbocycles. The summed E-state index contributed by atoms with van der Waals surface area (Å²) in [6.45, 7) is 5.39. The standard InChI is InChI=1S/C12H16FNO2/c1-12(2,3)14(15)8-9-5-6-10(13)7-11(9)16-4/h5-8H,1-4H3. The van der Waals surface area contributed by atoms with Crippen molar-refractivity contribution in [2.45, 2.75) is 26.3 Å². The van der Waals surface area contributed by atoms with Crippen LogP contribution in [0.25, 0.3) is 0 Å². The Morgan fingerprint density at radius 2 is 2.00 bits per heavy atom. The van der Waals surface area contributed by atoms with Crippen molar-refractivity contribution in [2.75, 3.05) is 7.11 Å². The summed E-state index contributed by atoms with van der Waals surface area (Å²) in [5, 5.41) is 11.7. The first-order valence-corrected chi connectivity index (χ1v) is 4.99. The number of methoxy groups -OCH3 is 1. The van der Waals surface area contributed by atoms with Crippen molar-refractivity contribution < 1.29 is 13.9 Å². The van der Waals surface area contributed by atoms with Gasteiger partial charge in [0.2, 0.25) is 0 Å². The Labute approximate surface area is 94.8 Å². The highest BCUT2D eigenvalue weighted by atomic mass is 19.1. The monoisotopic (exact) mass is 225 g/mol. The molecule has 0 saturated heterocycles. The first-order valence-electron chi connectivity index (χ1n) is 4.99. The average molecular weight is 225 g/mol. The zero-order valence-corrected chi connectivity index (χ0v) is 9.95. The summed E-state index contributed by atoms with van der Waals surface area (Å²) in [4.78, 5) is 0. The van der Waals surface area contributed by atoms with Gasteiger partial charge in [-0.2, -0.15) is 0 Å². The second kappa shape index (κ2) is 4.51. The third kappa shape index (κ3) is 2.95. The largest absolute Gasteiger partial charge is 0.623 e. The highest BCUT2D eigenvalue weighted by molar-refractivity contribution is 5.80. The Bertz CT molecular complexity index is 408. The van der Waals surface area contributed by atoms with Crippen LogP contribution < -0.4 is 4.74 Å². The van der Waals surface area contributed by atoms with Crippen LogP contribution in [0.2, 0.25) is 0 Å². The van der Waals surface area contributed by atoms with Crippen LogP contribution in [0.1, 0.15) is 26.3 Å². The Morgan fingerprint density at radius 3 is 2.50 bits per heavy atom. The number of hydrogen-bond donors (Lipinski definition) is 0. The summed E-state index contributed by atoms with van der Waals surface area (Å²) in [7, 11) is 1.44. The van der Waals surface area contributed by atoms with Gasteiger partial charge >= 0.3 is 0 Å².